The van der Waals surface area contributed by atoms with E-state index in [1.54, 1.807) is 6.92 Å². The van der Waals surface area contributed by atoms with Crippen molar-refractivity contribution in [1.82, 2.24) is 20.7 Å². The number of carbonyl (C=O) groups excluding carboxylic acids is 1. The van der Waals surface area contributed by atoms with Crippen LogP contribution in [0.2, 0.25) is 0 Å². The van der Waals surface area contributed by atoms with Crippen molar-refractivity contribution < 1.29 is 9.53 Å². The van der Waals surface area contributed by atoms with Gasteiger partial charge in [-0.1, -0.05) is 0 Å². The largest absolute Gasteiger partial charge is 0.376 e. The molecule has 6 nitrogen and oxygen atoms in total. The van der Waals surface area contributed by atoms with Crippen molar-refractivity contribution in [1.29, 1.82) is 0 Å². The Morgan fingerprint density at radius 2 is 2.53 bits per heavy atom. The molecule has 1 atom stereocenters. The molecule has 1 amide bonds. The number of nitrogens with one attached hydrogen (secondary N) is 2. The number of hydrogen-bond acceptors (Lipinski definition) is 4. The summed E-state index contributed by atoms with van der Waals surface area (Å²) in [4.78, 5) is 11.6. The lowest BCUT2D eigenvalue weighted by molar-refractivity contribution is 0.0853. The van der Waals surface area contributed by atoms with E-state index in [9.17, 15) is 4.79 Å². The third-order valence-electron chi connectivity index (χ3n) is 2.45. The molecule has 82 valence electrons. The Hall–Kier alpha value is -1.43. The van der Waals surface area contributed by atoms with Gasteiger partial charge in [-0.05, 0) is 19.8 Å². The monoisotopic (exact) mass is 210 g/mol. The van der Waals surface area contributed by atoms with Crippen molar-refractivity contribution in [2.45, 2.75) is 25.9 Å². The molecule has 1 unspecified atom stereocenters. The van der Waals surface area contributed by atoms with Gasteiger partial charge in [0.1, 0.15) is 0 Å². The van der Waals surface area contributed by atoms with Crippen LogP contribution in [0.4, 0.5) is 0 Å². The second-order valence-electron chi connectivity index (χ2n) is 3.60. The molecule has 2 heterocycles. The van der Waals surface area contributed by atoms with Gasteiger partial charge in [0.2, 0.25) is 0 Å². The number of rotatable bonds is 3. The maximum atomic E-state index is 11.6. The summed E-state index contributed by atoms with van der Waals surface area (Å²) in [5, 5.41) is 12.8. The van der Waals surface area contributed by atoms with Gasteiger partial charge >= 0.3 is 0 Å². The second-order valence-corrected chi connectivity index (χ2v) is 3.60. The van der Waals surface area contributed by atoms with E-state index < -0.39 is 0 Å². The number of ether oxygens (including phenoxy) is 1. The normalized spacial score (nSPS) is 20.5. The van der Waals surface area contributed by atoms with E-state index in [1.165, 1.54) is 0 Å². The molecule has 1 fully saturated rings. The van der Waals surface area contributed by atoms with Crippen LogP contribution in [0.25, 0.3) is 0 Å². The molecule has 0 radical (unpaired) electrons. The van der Waals surface area contributed by atoms with Crippen molar-refractivity contribution in [3.63, 3.8) is 0 Å². The smallest absolute Gasteiger partial charge is 0.273 e. The molecule has 0 spiro atoms. The molecular weight excluding hydrogens is 196 g/mol. The van der Waals surface area contributed by atoms with Crippen molar-refractivity contribution in [2.24, 2.45) is 0 Å². The van der Waals surface area contributed by atoms with Gasteiger partial charge in [-0.15, -0.1) is 0 Å². The first-order valence-electron chi connectivity index (χ1n) is 5.04. The number of aryl methyl sites for hydroxylation is 1. The average molecular weight is 210 g/mol. The van der Waals surface area contributed by atoms with E-state index in [4.69, 9.17) is 4.74 Å². The van der Waals surface area contributed by atoms with E-state index in [0.29, 0.717) is 17.9 Å². The maximum absolute atomic E-state index is 11.6. The fourth-order valence-corrected chi connectivity index (χ4v) is 1.59. The highest BCUT2D eigenvalue weighted by Gasteiger charge is 2.18. The number of aromatic nitrogens is 3. The third-order valence-corrected chi connectivity index (χ3v) is 2.45. The predicted molar refractivity (Wildman–Crippen MR) is 52.4 cm³/mol. The van der Waals surface area contributed by atoms with Crippen LogP contribution in [0.15, 0.2) is 0 Å². The fourth-order valence-electron chi connectivity index (χ4n) is 1.59. The van der Waals surface area contributed by atoms with Gasteiger partial charge in [0.25, 0.3) is 5.91 Å². The lowest BCUT2D eigenvalue weighted by atomic mass is 10.2. The second kappa shape index (κ2) is 4.39. The van der Waals surface area contributed by atoms with Gasteiger partial charge in [0, 0.05) is 13.2 Å². The zero-order chi connectivity index (χ0) is 10.7. The van der Waals surface area contributed by atoms with Crippen LogP contribution < -0.4 is 5.32 Å². The van der Waals surface area contributed by atoms with Crippen molar-refractivity contribution in [2.75, 3.05) is 13.2 Å². The molecule has 2 rings (SSSR count). The van der Waals surface area contributed by atoms with Gasteiger partial charge in [0.15, 0.2) is 5.69 Å². The molecular formula is C9H14N4O2. The molecule has 1 aliphatic rings. The Bertz CT molecular complexity index is 344. The molecule has 1 saturated heterocycles. The first kappa shape index (κ1) is 10.1. The first-order valence-corrected chi connectivity index (χ1v) is 5.04. The van der Waals surface area contributed by atoms with Crippen LogP contribution in [-0.2, 0) is 4.74 Å². The minimum Gasteiger partial charge on any atom is -0.376 e. The Labute approximate surface area is 87.4 Å². The third kappa shape index (κ3) is 2.33. The summed E-state index contributed by atoms with van der Waals surface area (Å²) >= 11 is 0. The van der Waals surface area contributed by atoms with Gasteiger partial charge in [-0.3, -0.25) is 4.79 Å². The molecule has 1 aromatic rings. The lowest BCUT2D eigenvalue weighted by Gasteiger charge is -2.09. The summed E-state index contributed by atoms with van der Waals surface area (Å²) in [6, 6.07) is 0. The highest BCUT2D eigenvalue weighted by molar-refractivity contribution is 5.93. The average Bonchev–Trinajstić information content (AvgIpc) is 2.84. The molecule has 0 bridgehead atoms. The molecule has 1 aromatic heterocycles. The number of aromatic amines is 1. The molecule has 0 saturated carbocycles. The number of carbonyl (C=O) groups is 1. The van der Waals surface area contributed by atoms with Crippen LogP contribution in [0.5, 0.6) is 0 Å². The standard InChI is InChI=1S/C9H14N4O2/c1-6-8(12-13-11-6)9(14)10-5-7-3-2-4-15-7/h7H,2-5H2,1H3,(H,10,14)(H,11,12,13). The molecule has 15 heavy (non-hydrogen) atoms. The Morgan fingerprint density at radius 3 is 3.13 bits per heavy atom. The Kier molecular flexibility index (Phi) is 2.96. The summed E-state index contributed by atoms with van der Waals surface area (Å²) in [7, 11) is 0. The summed E-state index contributed by atoms with van der Waals surface area (Å²) in [6.07, 6.45) is 2.24. The quantitative estimate of drug-likeness (QED) is 0.737. The number of nitrogens with zero attached hydrogens (tertiary/aromatic N) is 2. The van der Waals surface area contributed by atoms with E-state index in [1.807, 2.05) is 0 Å². The number of hydrogen-bond donors (Lipinski definition) is 2. The molecule has 2 N–H and O–H groups in total. The maximum Gasteiger partial charge on any atom is 0.273 e. The summed E-state index contributed by atoms with van der Waals surface area (Å²) in [6.45, 7) is 3.08. The van der Waals surface area contributed by atoms with Crippen LogP contribution >= 0.6 is 0 Å². The fraction of sp³-hybridized carbons (Fsp3) is 0.667. The van der Waals surface area contributed by atoms with Crippen LogP contribution in [0.1, 0.15) is 29.0 Å². The van der Waals surface area contributed by atoms with Crippen molar-refractivity contribution in [3.05, 3.63) is 11.4 Å². The topological polar surface area (TPSA) is 79.9 Å². The molecule has 0 aliphatic carbocycles. The van der Waals surface area contributed by atoms with Gasteiger partial charge in [-0.2, -0.15) is 15.4 Å². The highest BCUT2D eigenvalue weighted by Crippen LogP contribution is 2.10. The van der Waals surface area contributed by atoms with Crippen LogP contribution in [-0.4, -0.2) is 40.6 Å². The van der Waals surface area contributed by atoms with E-state index in [0.717, 1.165) is 19.4 Å². The van der Waals surface area contributed by atoms with E-state index in [-0.39, 0.29) is 12.0 Å². The van der Waals surface area contributed by atoms with Crippen LogP contribution in [0.3, 0.4) is 0 Å². The molecule has 6 heteroatoms. The minimum atomic E-state index is -0.197. The number of amides is 1. The Morgan fingerprint density at radius 1 is 1.67 bits per heavy atom. The molecule has 1 aliphatic heterocycles. The van der Waals surface area contributed by atoms with Crippen LogP contribution in [0, 0.1) is 6.92 Å². The Balaban J connectivity index is 1.84. The van der Waals surface area contributed by atoms with Gasteiger partial charge in [-0.25, -0.2) is 0 Å². The minimum absolute atomic E-state index is 0.154. The number of H-pyrrole nitrogens is 1. The zero-order valence-corrected chi connectivity index (χ0v) is 8.62. The summed E-state index contributed by atoms with van der Waals surface area (Å²) in [5.74, 6) is -0.197. The predicted octanol–water partition coefficient (Wildman–Crippen LogP) is 0.0219. The summed E-state index contributed by atoms with van der Waals surface area (Å²) < 4.78 is 5.39. The first-order chi connectivity index (χ1) is 7.27. The SMILES string of the molecule is Cc1n[nH]nc1C(=O)NCC1CCCO1. The zero-order valence-electron chi connectivity index (χ0n) is 8.62. The van der Waals surface area contributed by atoms with Crippen molar-refractivity contribution >= 4 is 5.91 Å². The van der Waals surface area contributed by atoms with Gasteiger partial charge < -0.3 is 10.1 Å². The highest BCUT2D eigenvalue weighted by atomic mass is 16.5. The lowest BCUT2D eigenvalue weighted by Crippen LogP contribution is -2.32. The van der Waals surface area contributed by atoms with Crippen molar-refractivity contribution in [3.8, 4) is 0 Å². The molecule has 0 aromatic carbocycles. The van der Waals surface area contributed by atoms with E-state index in [2.05, 4.69) is 20.7 Å². The van der Waals surface area contributed by atoms with E-state index >= 15 is 0 Å². The van der Waals surface area contributed by atoms with Gasteiger partial charge in [0.05, 0.1) is 11.8 Å². The summed E-state index contributed by atoms with van der Waals surface area (Å²) in [5.41, 5.74) is 0.966.